The number of nitrogens with two attached hydrogens (primary N) is 1. The van der Waals surface area contributed by atoms with Crippen molar-refractivity contribution in [2.75, 3.05) is 5.32 Å². The Labute approximate surface area is 126 Å². The average Bonchev–Trinajstić information content (AvgIpc) is 2.82. The zero-order valence-corrected chi connectivity index (χ0v) is 12.2. The van der Waals surface area contributed by atoms with Crippen LogP contribution in [0.25, 0.3) is 0 Å². The lowest BCUT2D eigenvalue weighted by molar-refractivity contribution is 0.102. The number of nitrogens with zero attached hydrogens (tertiary/aromatic N) is 3. The van der Waals surface area contributed by atoms with E-state index in [1.165, 1.54) is 10.9 Å². The second kappa shape index (κ2) is 5.84. The maximum atomic E-state index is 12.2. The van der Waals surface area contributed by atoms with Gasteiger partial charge in [0.05, 0.1) is 11.8 Å². The van der Waals surface area contributed by atoms with Gasteiger partial charge in [0.25, 0.3) is 5.91 Å². The number of aromatic nitrogens is 2. The van der Waals surface area contributed by atoms with Gasteiger partial charge in [-0.15, -0.1) is 0 Å². The van der Waals surface area contributed by atoms with Gasteiger partial charge in [-0.1, -0.05) is 22.8 Å². The van der Waals surface area contributed by atoms with Gasteiger partial charge in [0.2, 0.25) is 0 Å². The third-order valence-electron chi connectivity index (χ3n) is 2.99. The highest BCUT2D eigenvalue weighted by molar-refractivity contribution is 6.31. The molecule has 0 atom stereocenters. The fourth-order valence-electron chi connectivity index (χ4n) is 1.74. The average molecular weight is 308 g/mol. The van der Waals surface area contributed by atoms with Crippen LogP contribution in [-0.2, 0) is 7.05 Å². The van der Waals surface area contributed by atoms with E-state index < -0.39 is 0 Å². The van der Waals surface area contributed by atoms with Crippen LogP contribution in [0.4, 0.5) is 5.82 Å². The van der Waals surface area contributed by atoms with E-state index >= 15 is 0 Å². The largest absolute Gasteiger partial charge is 0.409 e. The molecule has 0 saturated heterocycles. The van der Waals surface area contributed by atoms with Crippen molar-refractivity contribution < 1.29 is 10.0 Å². The van der Waals surface area contributed by atoms with Crippen molar-refractivity contribution >= 4 is 29.2 Å². The molecule has 1 aromatic heterocycles. The Kier molecular flexibility index (Phi) is 4.13. The van der Waals surface area contributed by atoms with Crippen LogP contribution in [0.15, 0.2) is 29.6 Å². The molecule has 0 spiro atoms. The molecule has 2 aromatic rings. The van der Waals surface area contributed by atoms with E-state index in [1.807, 2.05) is 6.92 Å². The van der Waals surface area contributed by atoms with E-state index in [-0.39, 0.29) is 11.7 Å². The summed E-state index contributed by atoms with van der Waals surface area (Å²) in [5.41, 5.74) is 7.15. The summed E-state index contributed by atoms with van der Waals surface area (Å²) in [6, 6.07) is 4.99. The summed E-state index contributed by atoms with van der Waals surface area (Å²) >= 11 is 6.01. The van der Waals surface area contributed by atoms with Crippen LogP contribution in [0.2, 0.25) is 5.02 Å². The van der Waals surface area contributed by atoms with E-state index in [1.54, 1.807) is 25.2 Å². The molecular weight excluding hydrogens is 294 g/mol. The first-order valence-electron chi connectivity index (χ1n) is 6.01. The molecule has 0 bridgehead atoms. The molecule has 0 unspecified atom stereocenters. The number of rotatable bonds is 3. The van der Waals surface area contributed by atoms with Gasteiger partial charge < -0.3 is 16.3 Å². The number of amides is 1. The first kappa shape index (κ1) is 14.9. The van der Waals surface area contributed by atoms with Crippen LogP contribution in [0.5, 0.6) is 0 Å². The number of oxime groups is 1. The second-order valence-corrected chi connectivity index (χ2v) is 4.84. The molecule has 4 N–H and O–H groups in total. The van der Waals surface area contributed by atoms with Gasteiger partial charge in [0, 0.05) is 17.6 Å². The number of halogens is 1. The molecule has 1 heterocycles. The van der Waals surface area contributed by atoms with Crippen LogP contribution in [0, 0.1) is 6.92 Å². The monoisotopic (exact) mass is 307 g/mol. The minimum absolute atomic E-state index is 0.139. The normalized spacial score (nSPS) is 11.5. The third-order valence-corrected chi connectivity index (χ3v) is 3.40. The molecule has 110 valence electrons. The Morgan fingerprint density at radius 2 is 2.24 bits per heavy atom. The fraction of sp³-hybridized carbons (Fsp3) is 0.154. The summed E-state index contributed by atoms with van der Waals surface area (Å²) in [5.74, 6) is -0.181. The zero-order chi connectivity index (χ0) is 15.6. The summed E-state index contributed by atoms with van der Waals surface area (Å²) in [6.07, 6.45) is 1.40. The maximum absolute atomic E-state index is 12.2. The predicted molar refractivity (Wildman–Crippen MR) is 79.9 cm³/mol. The van der Waals surface area contributed by atoms with E-state index in [9.17, 15) is 4.79 Å². The van der Waals surface area contributed by atoms with Crippen LogP contribution in [0.3, 0.4) is 0 Å². The van der Waals surface area contributed by atoms with Crippen molar-refractivity contribution in [2.24, 2.45) is 17.9 Å². The summed E-state index contributed by atoms with van der Waals surface area (Å²) < 4.78 is 1.42. The molecule has 0 saturated carbocycles. The Bertz CT molecular complexity index is 723. The topological polar surface area (TPSA) is 106 Å². The van der Waals surface area contributed by atoms with Gasteiger partial charge in [-0.05, 0) is 24.6 Å². The Balaban J connectivity index is 2.31. The van der Waals surface area contributed by atoms with Gasteiger partial charge in [0.15, 0.2) is 5.84 Å². The minimum atomic E-state index is -0.368. The fourth-order valence-corrected chi connectivity index (χ4v) is 1.92. The standard InChI is InChI=1S/C13H14ClN5O2/c1-7-3-4-8(5-10(7)14)13(20)17-12-9(11(15)18-21)6-16-19(12)2/h3-6,21H,1-2H3,(H2,15,18)(H,17,20). The van der Waals surface area contributed by atoms with Crippen molar-refractivity contribution in [3.63, 3.8) is 0 Å². The lowest BCUT2D eigenvalue weighted by atomic mass is 10.1. The van der Waals surface area contributed by atoms with E-state index in [2.05, 4.69) is 15.6 Å². The van der Waals surface area contributed by atoms with Gasteiger partial charge in [-0.25, -0.2) is 0 Å². The Morgan fingerprint density at radius 1 is 1.52 bits per heavy atom. The van der Waals surface area contributed by atoms with Gasteiger partial charge in [-0.2, -0.15) is 5.10 Å². The minimum Gasteiger partial charge on any atom is -0.409 e. The molecule has 7 nitrogen and oxygen atoms in total. The van der Waals surface area contributed by atoms with Crippen LogP contribution >= 0.6 is 11.6 Å². The van der Waals surface area contributed by atoms with E-state index in [4.69, 9.17) is 22.5 Å². The van der Waals surface area contributed by atoms with Crippen molar-refractivity contribution in [3.05, 3.63) is 46.1 Å². The molecular formula is C13H14ClN5O2. The highest BCUT2D eigenvalue weighted by Gasteiger charge is 2.16. The van der Waals surface area contributed by atoms with Gasteiger partial charge in [0.1, 0.15) is 5.82 Å². The molecule has 1 amide bonds. The lowest BCUT2D eigenvalue weighted by Crippen LogP contribution is -2.20. The van der Waals surface area contributed by atoms with Crippen molar-refractivity contribution in [1.29, 1.82) is 0 Å². The highest BCUT2D eigenvalue weighted by atomic mass is 35.5. The van der Waals surface area contributed by atoms with Crippen molar-refractivity contribution in [2.45, 2.75) is 6.92 Å². The smallest absolute Gasteiger partial charge is 0.256 e. The quantitative estimate of drug-likeness (QED) is 0.347. The Hall–Kier alpha value is -2.54. The molecule has 0 aliphatic rings. The molecule has 0 aliphatic carbocycles. The first-order valence-corrected chi connectivity index (χ1v) is 6.39. The van der Waals surface area contributed by atoms with Gasteiger partial charge >= 0.3 is 0 Å². The summed E-state index contributed by atoms with van der Waals surface area (Å²) in [7, 11) is 1.63. The zero-order valence-electron chi connectivity index (χ0n) is 11.5. The van der Waals surface area contributed by atoms with E-state index in [0.29, 0.717) is 22.0 Å². The van der Waals surface area contributed by atoms with E-state index in [0.717, 1.165) is 5.56 Å². The maximum Gasteiger partial charge on any atom is 0.256 e. The Morgan fingerprint density at radius 3 is 2.86 bits per heavy atom. The third kappa shape index (κ3) is 2.97. The number of aryl methyl sites for hydroxylation is 2. The molecule has 1 aromatic carbocycles. The molecule has 0 aliphatic heterocycles. The molecule has 21 heavy (non-hydrogen) atoms. The predicted octanol–water partition coefficient (Wildman–Crippen LogP) is 1.73. The second-order valence-electron chi connectivity index (χ2n) is 4.43. The number of carbonyl (C=O) groups excluding carboxylic acids is 1. The molecule has 8 heteroatoms. The summed E-state index contributed by atoms with van der Waals surface area (Å²) in [4.78, 5) is 12.2. The molecule has 2 rings (SSSR count). The van der Waals surface area contributed by atoms with Crippen LogP contribution in [0.1, 0.15) is 21.5 Å². The summed E-state index contributed by atoms with van der Waals surface area (Å²) in [6.45, 7) is 1.85. The number of hydrogen-bond donors (Lipinski definition) is 3. The van der Waals surface area contributed by atoms with Crippen LogP contribution in [-0.4, -0.2) is 26.7 Å². The molecule has 0 fully saturated rings. The summed E-state index contributed by atoms with van der Waals surface area (Å²) in [5, 5.41) is 18.8. The number of benzene rings is 1. The number of nitrogens with one attached hydrogen (secondary N) is 1. The van der Waals surface area contributed by atoms with Crippen molar-refractivity contribution in [1.82, 2.24) is 9.78 Å². The number of hydrogen-bond acceptors (Lipinski definition) is 4. The van der Waals surface area contributed by atoms with Gasteiger partial charge in [-0.3, -0.25) is 9.48 Å². The lowest BCUT2D eigenvalue weighted by Gasteiger charge is -2.08. The number of anilines is 1. The SMILES string of the molecule is Cc1ccc(C(=O)Nc2c(C(N)=NO)cnn2C)cc1Cl. The van der Waals surface area contributed by atoms with Crippen LogP contribution < -0.4 is 11.1 Å². The number of amidine groups is 1. The first-order chi connectivity index (χ1) is 9.93. The molecule has 0 radical (unpaired) electrons. The number of carbonyl (C=O) groups is 1. The highest BCUT2D eigenvalue weighted by Crippen LogP contribution is 2.19. The van der Waals surface area contributed by atoms with Crippen molar-refractivity contribution in [3.8, 4) is 0 Å².